The maximum atomic E-state index is 11.1. The monoisotopic (exact) mass is 250 g/mol. The lowest BCUT2D eigenvalue weighted by molar-refractivity contribution is 0.349. The Morgan fingerprint density at radius 1 is 1.20 bits per heavy atom. The lowest BCUT2D eigenvalue weighted by Gasteiger charge is -2.04. The van der Waals surface area contributed by atoms with Gasteiger partial charge in [-0.1, -0.05) is 0 Å². The number of hydrogen-bond donors (Lipinski definition) is 0. The highest BCUT2D eigenvalue weighted by Gasteiger charge is 2.07. The van der Waals surface area contributed by atoms with E-state index in [9.17, 15) is 13.0 Å². The quantitative estimate of drug-likeness (QED) is 0.757. The largest absolute Gasteiger partial charge is 0.426 e. The van der Waals surface area contributed by atoms with Crippen molar-refractivity contribution in [3.63, 3.8) is 0 Å². The molecular weight excluding hydrogens is 239 g/mol. The molecule has 0 bridgehead atoms. The minimum absolute atomic E-state index is 0.187. The van der Waals surface area contributed by atoms with Crippen LogP contribution in [0.3, 0.4) is 0 Å². The normalized spacial score (nSPS) is 13.5. The fraction of sp³-hybridized carbons (Fsp3) is 0.250. The summed E-state index contributed by atoms with van der Waals surface area (Å²) < 4.78 is 42.4. The Balaban J connectivity index is 2.86. The molecule has 0 aliphatic carbocycles. The molecule has 1 aromatic carbocycles. The van der Waals surface area contributed by atoms with E-state index < -0.39 is 18.1 Å². The Labute approximate surface area is 88.9 Å². The van der Waals surface area contributed by atoms with Crippen molar-refractivity contribution in [2.24, 2.45) is 0 Å². The first-order valence-corrected chi connectivity index (χ1v) is 7.11. The average Bonchev–Trinajstić information content (AvgIpc) is 2.17. The molecule has 5 nitrogen and oxygen atoms in total. The summed E-state index contributed by atoms with van der Waals surface area (Å²) >= 11 is 0. The summed E-state index contributed by atoms with van der Waals surface area (Å²) in [6, 6.07) is 5.63. The first-order valence-electron chi connectivity index (χ1n) is 3.99. The molecule has 0 fully saturated rings. The fourth-order valence-corrected chi connectivity index (χ4v) is 1.94. The summed E-state index contributed by atoms with van der Waals surface area (Å²) in [4.78, 5) is 0.187. The highest BCUT2D eigenvalue weighted by Crippen LogP contribution is 2.27. The highest BCUT2D eigenvalue weighted by atomic mass is 32.2. The fourth-order valence-electron chi connectivity index (χ4n) is 0.893. The van der Waals surface area contributed by atoms with Crippen LogP contribution in [-0.2, 0) is 18.9 Å². The molecule has 0 heterocycles. The SMILES string of the molecule is CO[PH](=O)Oc1ccc(S(C)(=O)=O)cc1. The predicted molar refractivity (Wildman–Crippen MR) is 56.2 cm³/mol. The van der Waals surface area contributed by atoms with Crippen molar-refractivity contribution < 1.29 is 22.0 Å². The van der Waals surface area contributed by atoms with Crippen LogP contribution in [0.5, 0.6) is 5.75 Å². The molecule has 0 aliphatic rings. The van der Waals surface area contributed by atoms with Crippen LogP contribution in [-0.4, -0.2) is 21.8 Å². The number of sulfone groups is 1. The summed E-state index contributed by atoms with van der Waals surface area (Å²) in [5.74, 6) is 0.313. The van der Waals surface area contributed by atoms with Crippen LogP contribution in [0.15, 0.2) is 29.2 Å². The molecule has 84 valence electrons. The van der Waals surface area contributed by atoms with E-state index >= 15 is 0 Å². The van der Waals surface area contributed by atoms with E-state index in [-0.39, 0.29) is 4.90 Å². The van der Waals surface area contributed by atoms with Crippen LogP contribution in [0.25, 0.3) is 0 Å². The van der Waals surface area contributed by atoms with Gasteiger partial charge in [-0.2, -0.15) is 0 Å². The maximum absolute atomic E-state index is 11.1. The number of hydrogen-bond acceptors (Lipinski definition) is 5. The molecule has 1 aromatic rings. The van der Waals surface area contributed by atoms with Gasteiger partial charge in [0.2, 0.25) is 0 Å². The first-order chi connectivity index (χ1) is 6.93. The van der Waals surface area contributed by atoms with E-state index in [1.807, 2.05) is 0 Å². The van der Waals surface area contributed by atoms with Gasteiger partial charge in [-0.15, -0.1) is 0 Å². The van der Waals surface area contributed by atoms with Gasteiger partial charge < -0.3 is 9.05 Å². The number of rotatable bonds is 4. The lowest BCUT2D eigenvalue weighted by atomic mass is 10.3. The molecule has 0 spiro atoms. The van der Waals surface area contributed by atoms with Gasteiger partial charge in [0, 0.05) is 13.4 Å². The van der Waals surface area contributed by atoms with Crippen LogP contribution >= 0.6 is 8.25 Å². The predicted octanol–water partition coefficient (Wildman–Crippen LogP) is 1.50. The smallest absolute Gasteiger partial charge is 0.367 e. The summed E-state index contributed by atoms with van der Waals surface area (Å²) in [6.45, 7) is 0. The summed E-state index contributed by atoms with van der Waals surface area (Å²) in [5, 5.41) is 0. The zero-order chi connectivity index (χ0) is 11.5. The molecule has 15 heavy (non-hydrogen) atoms. The van der Waals surface area contributed by atoms with Crippen LogP contribution in [0.4, 0.5) is 0 Å². The van der Waals surface area contributed by atoms with Gasteiger partial charge in [0.1, 0.15) is 5.75 Å². The van der Waals surface area contributed by atoms with E-state index in [1.165, 1.54) is 31.4 Å². The first kappa shape index (κ1) is 12.2. The van der Waals surface area contributed by atoms with Crippen molar-refractivity contribution in [3.8, 4) is 5.75 Å². The van der Waals surface area contributed by atoms with Crippen LogP contribution < -0.4 is 4.52 Å². The van der Waals surface area contributed by atoms with Gasteiger partial charge in [0.25, 0.3) is 0 Å². The lowest BCUT2D eigenvalue weighted by Crippen LogP contribution is -1.96. The molecule has 0 aliphatic heterocycles. The van der Waals surface area contributed by atoms with Crippen molar-refractivity contribution in [1.29, 1.82) is 0 Å². The number of benzene rings is 1. The molecule has 0 saturated heterocycles. The molecule has 7 heteroatoms. The van der Waals surface area contributed by atoms with Crippen LogP contribution in [0, 0.1) is 0 Å². The van der Waals surface area contributed by atoms with Crippen molar-refractivity contribution >= 4 is 18.1 Å². The maximum Gasteiger partial charge on any atom is 0.367 e. The Morgan fingerprint density at radius 2 is 1.73 bits per heavy atom. The standard InChI is InChI=1S/C8H11O5PS/c1-12-14(9)13-7-3-5-8(6-4-7)15(2,10)11/h3-6,14H,1-2H3. The third kappa shape index (κ3) is 3.66. The van der Waals surface area contributed by atoms with E-state index in [1.54, 1.807) is 0 Å². The van der Waals surface area contributed by atoms with Crippen LogP contribution in [0.2, 0.25) is 0 Å². The van der Waals surface area contributed by atoms with E-state index in [4.69, 9.17) is 4.52 Å². The van der Waals surface area contributed by atoms with Gasteiger partial charge in [-0.05, 0) is 24.3 Å². The third-order valence-electron chi connectivity index (χ3n) is 1.62. The second-order valence-electron chi connectivity index (χ2n) is 2.80. The van der Waals surface area contributed by atoms with Gasteiger partial charge in [-0.25, -0.2) is 13.0 Å². The molecule has 0 radical (unpaired) electrons. The van der Waals surface area contributed by atoms with Crippen molar-refractivity contribution in [1.82, 2.24) is 0 Å². The molecule has 0 aromatic heterocycles. The topological polar surface area (TPSA) is 69.7 Å². The van der Waals surface area contributed by atoms with Gasteiger partial charge in [0.05, 0.1) is 4.90 Å². The zero-order valence-electron chi connectivity index (χ0n) is 8.26. The summed E-state index contributed by atoms with van der Waals surface area (Å²) in [6.07, 6.45) is 1.11. The molecule has 0 saturated carbocycles. The van der Waals surface area contributed by atoms with E-state index in [0.29, 0.717) is 5.75 Å². The third-order valence-corrected chi connectivity index (χ3v) is 3.48. The Kier molecular flexibility index (Phi) is 3.90. The molecular formula is C8H11O5PS. The molecule has 1 atom stereocenters. The molecule has 1 rings (SSSR count). The van der Waals surface area contributed by atoms with E-state index in [0.717, 1.165) is 6.26 Å². The minimum Gasteiger partial charge on any atom is -0.426 e. The summed E-state index contributed by atoms with van der Waals surface area (Å²) in [7, 11) is -4.47. The van der Waals surface area contributed by atoms with Crippen molar-refractivity contribution in [3.05, 3.63) is 24.3 Å². The summed E-state index contributed by atoms with van der Waals surface area (Å²) in [5.41, 5.74) is 0. The van der Waals surface area contributed by atoms with Gasteiger partial charge in [-0.3, -0.25) is 0 Å². The van der Waals surface area contributed by atoms with E-state index in [2.05, 4.69) is 4.52 Å². The van der Waals surface area contributed by atoms with Crippen molar-refractivity contribution in [2.45, 2.75) is 4.90 Å². The molecule has 0 amide bonds. The second-order valence-corrected chi connectivity index (χ2v) is 5.93. The van der Waals surface area contributed by atoms with Crippen molar-refractivity contribution in [2.75, 3.05) is 13.4 Å². The molecule has 0 N–H and O–H groups in total. The Hall–Kier alpha value is -0.840. The average molecular weight is 250 g/mol. The van der Waals surface area contributed by atoms with Gasteiger partial charge in [0.15, 0.2) is 9.84 Å². The van der Waals surface area contributed by atoms with Crippen LogP contribution in [0.1, 0.15) is 0 Å². The Morgan fingerprint density at radius 3 is 2.13 bits per heavy atom. The Bertz CT molecular complexity index is 450. The molecule has 1 unspecified atom stereocenters. The second kappa shape index (κ2) is 4.79. The van der Waals surface area contributed by atoms with Gasteiger partial charge >= 0.3 is 8.25 Å². The highest BCUT2D eigenvalue weighted by molar-refractivity contribution is 7.90. The zero-order valence-corrected chi connectivity index (χ0v) is 10.1. The minimum atomic E-state index is -3.21.